The molecule has 0 aliphatic rings. The smallest absolute Gasteiger partial charge is 0.0972 e. The van der Waals surface area contributed by atoms with Crippen LogP contribution in [-0.4, -0.2) is 24.9 Å². The molecule has 0 saturated carbocycles. The molecular weight excluding hydrogens is 731 g/mol. The lowest BCUT2D eigenvalue weighted by molar-refractivity contribution is 1.33. The summed E-state index contributed by atoms with van der Waals surface area (Å²) in [5.74, 6) is 0. The van der Waals surface area contributed by atoms with Gasteiger partial charge >= 0.3 is 0 Å². The fourth-order valence-electron chi connectivity index (χ4n) is 8.48. The Hall–Kier alpha value is -8.15. The van der Waals surface area contributed by atoms with Gasteiger partial charge < -0.3 is 0 Å². The second-order valence-electron chi connectivity index (χ2n) is 15.4. The van der Waals surface area contributed by atoms with Gasteiger partial charge in [0.25, 0.3) is 0 Å². The minimum atomic E-state index is 0.901. The molecule has 12 rings (SSSR count). The highest BCUT2D eigenvalue weighted by molar-refractivity contribution is 6.04. The first-order chi connectivity index (χ1) is 29.7. The third-order valence-corrected chi connectivity index (χ3v) is 11.7. The molecule has 5 heterocycles. The van der Waals surface area contributed by atoms with Gasteiger partial charge in [-0.3, -0.25) is 4.98 Å². The Morgan fingerprint density at radius 1 is 0.267 bits per heavy atom. The van der Waals surface area contributed by atoms with Gasteiger partial charge in [-0.2, -0.15) is 0 Å². The van der Waals surface area contributed by atoms with Crippen LogP contribution in [0.15, 0.2) is 200 Å². The van der Waals surface area contributed by atoms with E-state index in [0.29, 0.717) is 0 Å². The van der Waals surface area contributed by atoms with Gasteiger partial charge in [0.1, 0.15) is 0 Å². The lowest BCUT2D eigenvalue weighted by atomic mass is 10.00. The number of aromatic nitrogens is 5. The van der Waals surface area contributed by atoms with Crippen LogP contribution in [0.5, 0.6) is 0 Å². The van der Waals surface area contributed by atoms with Gasteiger partial charge in [-0.15, -0.1) is 0 Å². The van der Waals surface area contributed by atoms with Crippen molar-refractivity contribution in [2.75, 3.05) is 0 Å². The summed E-state index contributed by atoms with van der Waals surface area (Å²) < 4.78 is 0. The Morgan fingerprint density at radius 2 is 0.733 bits per heavy atom. The van der Waals surface area contributed by atoms with E-state index in [4.69, 9.17) is 19.9 Å². The third kappa shape index (κ3) is 5.91. The molecule has 0 aliphatic carbocycles. The number of fused-ring (bicyclic) bond motifs is 7. The molecule has 5 heteroatoms. The van der Waals surface area contributed by atoms with Gasteiger partial charge in [0.05, 0.1) is 44.8 Å². The van der Waals surface area contributed by atoms with Crippen molar-refractivity contribution >= 4 is 65.2 Å². The van der Waals surface area contributed by atoms with Crippen LogP contribution < -0.4 is 0 Å². The van der Waals surface area contributed by atoms with E-state index in [1.165, 1.54) is 10.8 Å². The van der Waals surface area contributed by atoms with Crippen molar-refractivity contribution in [2.24, 2.45) is 0 Å². The maximum Gasteiger partial charge on any atom is 0.0972 e. The topological polar surface area (TPSA) is 64.5 Å². The van der Waals surface area contributed by atoms with Gasteiger partial charge in [-0.1, -0.05) is 146 Å². The summed E-state index contributed by atoms with van der Waals surface area (Å²) in [6.07, 6.45) is 3.80. The highest BCUT2D eigenvalue weighted by atomic mass is 14.8. The number of benzene rings is 7. The summed E-state index contributed by atoms with van der Waals surface area (Å²) in [7, 11) is 0. The zero-order valence-electron chi connectivity index (χ0n) is 32.3. The highest BCUT2D eigenvalue weighted by Gasteiger charge is 2.12. The molecule has 0 amide bonds. The summed E-state index contributed by atoms with van der Waals surface area (Å²) in [5.41, 5.74) is 13.7. The molecule has 5 aromatic heterocycles. The Morgan fingerprint density at radius 3 is 1.47 bits per heavy atom. The Bertz CT molecular complexity index is 3660. The van der Waals surface area contributed by atoms with Gasteiger partial charge in [0.2, 0.25) is 0 Å². The molecule has 7 aromatic carbocycles. The van der Waals surface area contributed by atoms with Crippen molar-refractivity contribution in [3.8, 4) is 56.2 Å². The predicted octanol–water partition coefficient (Wildman–Crippen LogP) is 13.9. The number of hydrogen-bond donors (Lipinski definition) is 0. The average Bonchev–Trinajstić information content (AvgIpc) is 3.32. The van der Waals surface area contributed by atoms with E-state index in [1.54, 1.807) is 0 Å². The second kappa shape index (κ2) is 13.8. The van der Waals surface area contributed by atoms with Gasteiger partial charge in [0, 0.05) is 61.6 Å². The number of hydrogen-bond acceptors (Lipinski definition) is 5. The van der Waals surface area contributed by atoms with Crippen molar-refractivity contribution < 1.29 is 0 Å². The Kier molecular flexibility index (Phi) is 7.78. The largest absolute Gasteiger partial charge is 0.263 e. The summed E-state index contributed by atoms with van der Waals surface area (Å²) in [6.45, 7) is 0. The first-order valence-electron chi connectivity index (χ1n) is 20.1. The zero-order chi connectivity index (χ0) is 39.6. The second-order valence-corrected chi connectivity index (χ2v) is 15.4. The van der Waals surface area contributed by atoms with Crippen LogP contribution in [0, 0.1) is 0 Å². The van der Waals surface area contributed by atoms with E-state index in [2.05, 4.69) is 187 Å². The van der Waals surface area contributed by atoms with Gasteiger partial charge in [-0.05, 0) is 69.8 Å². The molecule has 0 bridgehead atoms. The van der Waals surface area contributed by atoms with Crippen LogP contribution in [0.2, 0.25) is 0 Å². The van der Waals surface area contributed by atoms with Crippen molar-refractivity contribution in [3.05, 3.63) is 200 Å². The van der Waals surface area contributed by atoms with E-state index in [-0.39, 0.29) is 0 Å². The fraction of sp³-hybridized carbons (Fsp3) is 0. The maximum atomic E-state index is 5.21. The van der Waals surface area contributed by atoms with E-state index in [9.17, 15) is 0 Å². The molecular formula is C55H33N5. The number of rotatable bonds is 5. The number of pyridine rings is 5. The summed E-state index contributed by atoms with van der Waals surface area (Å²) in [4.78, 5) is 25.2. The molecule has 0 saturated heterocycles. The quantitative estimate of drug-likeness (QED) is 0.163. The normalized spacial score (nSPS) is 11.7. The third-order valence-electron chi connectivity index (χ3n) is 11.7. The molecule has 0 unspecified atom stereocenters. The molecule has 12 aromatic rings. The van der Waals surface area contributed by atoms with Crippen LogP contribution >= 0.6 is 0 Å². The maximum absolute atomic E-state index is 5.21. The monoisotopic (exact) mass is 763 g/mol. The molecule has 0 spiro atoms. The van der Waals surface area contributed by atoms with Crippen LogP contribution in [0.4, 0.5) is 0 Å². The molecule has 0 N–H and O–H groups in total. The lowest BCUT2D eigenvalue weighted by Gasteiger charge is -2.10. The summed E-state index contributed by atoms with van der Waals surface area (Å²) in [5, 5.41) is 8.97. The Balaban J connectivity index is 0.852. The average molecular weight is 764 g/mol. The molecule has 0 fully saturated rings. The first-order valence-corrected chi connectivity index (χ1v) is 20.1. The van der Waals surface area contributed by atoms with Crippen molar-refractivity contribution in [1.82, 2.24) is 24.9 Å². The van der Waals surface area contributed by atoms with Crippen molar-refractivity contribution in [2.45, 2.75) is 0 Å². The first kappa shape index (κ1) is 33.9. The van der Waals surface area contributed by atoms with Crippen LogP contribution in [0.25, 0.3) is 121 Å². The van der Waals surface area contributed by atoms with Gasteiger partial charge in [-0.25, -0.2) is 19.9 Å². The Labute approximate surface area is 345 Å². The zero-order valence-corrected chi connectivity index (χ0v) is 32.3. The molecule has 0 radical (unpaired) electrons. The van der Waals surface area contributed by atoms with Crippen LogP contribution in [0.1, 0.15) is 0 Å². The predicted molar refractivity (Wildman–Crippen MR) is 248 cm³/mol. The van der Waals surface area contributed by atoms with E-state index < -0.39 is 0 Å². The molecule has 278 valence electrons. The summed E-state index contributed by atoms with van der Waals surface area (Å²) in [6, 6.07) is 66.0. The molecule has 0 atom stereocenters. The molecule has 0 aliphatic heterocycles. The van der Waals surface area contributed by atoms with E-state index >= 15 is 0 Å². The highest BCUT2D eigenvalue weighted by Crippen LogP contribution is 2.33. The van der Waals surface area contributed by atoms with Crippen molar-refractivity contribution in [3.63, 3.8) is 0 Å². The SMILES string of the molecule is c1ccc2cc(-c3ccc4ccc5ccc(-c6ccc(-c7ccc8ccc(-c9ccc%10ccc(-c%11cncc%12ccccc%11%12)nc%10c9)nc8c7)cc6)nc5c4n3)ccc2c1. The van der Waals surface area contributed by atoms with Gasteiger partial charge in [0.15, 0.2) is 0 Å². The lowest BCUT2D eigenvalue weighted by Crippen LogP contribution is -1.91. The minimum absolute atomic E-state index is 0.901. The van der Waals surface area contributed by atoms with E-state index in [1.807, 2.05) is 18.5 Å². The summed E-state index contributed by atoms with van der Waals surface area (Å²) >= 11 is 0. The van der Waals surface area contributed by atoms with Crippen LogP contribution in [-0.2, 0) is 0 Å². The van der Waals surface area contributed by atoms with Crippen molar-refractivity contribution in [1.29, 1.82) is 0 Å². The standard InChI is InChI=1S/C55H33N5/c1-2-6-41-29-43(19-11-34(41)5-1)50-27-24-40-17-16-39-23-26-48(59-54(39)55(40)60-50)36-12-9-35(10-13-36)42-18-14-37-21-25-49(57-52(37)30-42)44-20-15-38-22-28-51(58-53(38)31-44)47-33-56-32-45-7-3-4-8-46(45)47/h1-33H. The number of nitrogens with zero attached hydrogens (tertiary/aromatic N) is 5. The molecule has 5 nitrogen and oxygen atoms in total. The minimum Gasteiger partial charge on any atom is -0.263 e. The fourth-order valence-corrected chi connectivity index (χ4v) is 8.48. The van der Waals surface area contributed by atoms with Crippen LogP contribution in [0.3, 0.4) is 0 Å². The molecule has 60 heavy (non-hydrogen) atoms. The van der Waals surface area contributed by atoms with E-state index in [0.717, 1.165) is 111 Å².